The lowest BCUT2D eigenvalue weighted by Crippen LogP contribution is -2.18. The van der Waals surface area contributed by atoms with Crippen LogP contribution in [-0.2, 0) is 0 Å². The molecule has 0 radical (unpaired) electrons. The average Bonchev–Trinajstić information content (AvgIpc) is 3.54. The second-order valence-corrected chi connectivity index (χ2v) is 9.70. The van der Waals surface area contributed by atoms with Crippen molar-refractivity contribution in [1.29, 1.82) is 0 Å². The van der Waals surface area contributed by atoms with Gasteiger partial charge in [0.1, 0.15) is 11.2 Å². The van der Waals surface area contributed by atoms with Crippen molar-refractivity contribution < 1.29 is 13.9 Å². The minimum Gasteiger partial charge on any atom is -0.452 e. The van der Waals surface area contributed by atoms with Gasteiger partial charge < -0.3 is 10.5 Å². The van der Waals surface area contributed by atoms with Crippen LogP contribution in [-0.4, -0.2) is 30.2 Å². The zero-order valence-corrected chi connectivity index (χ0v) is 22.2. The summed E-state index contributed by atoms with van der Waals surface area (Å²) < 4.78 is 24.7. The number of rotatable bonds is 7. The molecular formula is C31H25FN6O3. The van der Waals surface area contributed by atoms with Crippen LogP contribution in [0, 0.1) is 5.82 Å². The fourth-order valence-electron chi connectivity index (χ4n) is 4.92. The number of benzene rings is 3. The number of hydrogen-bond donors (Lipinski definition) is 2. The number of aromatic amines is 1. The van der Waals surface area contributed by atoms with Crippen molar-refractivity contribution >= 4 is 17.1 Å². The predicted molar refractivity (Wildman–Crippen MR) is 154 cm³/mol. The van der Waals surface area contributed by atoms with E-state index in [4.69, 9.17) is 15.6 Å². The van der Waals surface area contributed by atoms with Crippen LogP contribution in [0.3, 0.4) is 0 Å². The van der Waals surface area contributed by atoms with Crippen LogP contribution in [0.15, 0.2) is 95.9 Å². The number of aromatic nitrogens is 5. The van der Waals surface area contributed by atoms with Gasteiger partial charge >= 0.3 is 5.69 Å². The lowest BCUT2D eigenvalue weighted by molar-refractivity contribution is 0.100. The van der Waals surface area contributed by atoms with E-state index in [-0.39, 0.29) is 34.5 Å². The summed E-state index contributed by atoms with van der Waals surface area (Å²) in [5, 5.41) is 4.74. The van der Waals surface area contributed by atoms with Crippen molar-refractivity contribution in [2.24, 2.45) is 5.73 Å². The van der Waals surface area contributed by atoms with Gasteiger partial charge in [-0.15, -0.1) is 0 Å². The first-order valence-corrected chi connectivity index (χ1v) is 12.9. The van der Waals surface area contributed by atoms with Crippen LogP contribution in [0.5, 0.6) is 11.5 Å². The van der Waals surface area contributed by atoms with Gasteiger partial charge in [-0.2, -0.15) is 5.10 Å². The average molecular weight is 549 g/mol. The highest BCUT2D eigenvalue weighted by molar-refractivity contribution is 6.05. The Morgan fingerprint density at radius 3 is 2.32 bits per heavy atom. The van der Waals surface area contributed by atoms with E-state index in [1.807, 2.05) is 74.5 Å². The first kappa shape index (κ1) is 25.8. The Kier molecular flexibility index (Phi) is 6.43. The standard InChI is InChI=1S/C31H25FN6O3/c1-18(2)37-28-24(15-16-34-30(28)35-31(37)40)41-23-14-13-20(17-22(23)32)26-25(29(33)39)27(19-9-5-3-6-10-19)38(36-26)21-11-7-4-8-12-21/h3-18H,1-2H3,(H2,33,39)(H,34,35,40). The number of ether oxygens (including phenoxy) is 1. The molecule has 0 unspecified atom stereocenters. The highest BCUT2D eigenvalue weighted by atomic mass is 19.1. The lowest BCUT2D eigenvalue weighted by atomic mass is 10.0. The minimum absolute atomic E-state index is 0.0726. The summed E-state index contributed by atoms with van der Waals surface area (Å²) in [4.78, 5) is 32.2. The Balaban J connectivity index is 1.47. The maximum Gasteiger partial charge on any atom is 0.328 e. The van der Waals surface area contributed by atoms with Crippen molar-refractivity contribution in [2.45, 2.75) is 19.9 Å². The Morgan fingerprint density at radius 2 is 1.66 bits per heavy atom. The Hall–Kier alpha value is -5.51. The molecule has 9 nitrogen and oxygen atoms in total. The number of fused-ring (bicyclic) bond motifs is 1. The Morgan fingerprint density at radius 1 is 0.951 bits per heavy atom. The number of nitrogens with zero attached hydrogens (tertiary/aromatic N) is 4. The van der Waals surface area contributed by atoms with Gasteiger partial charge in [0, 0.05) is 29.4 Å². The smallest absolute Gasteiger partial charge is 0.328 e. The third kappa shape index (κ3) is 4.55. The number of H-pyrrole nitrogens is 1. The van der Waals surface area contributed by atoms with Crippen LogP contribution < -0.4 is 16.2 Å². The Labute approximate surface area is 233 Å². The number of halogens is 1. The maximum absolute atomic E-state index is 15.6. The van der Waals surface area contributed by atoms with Gasteiger partial charge in [-0.05, 0) is 44.2 Å². The normalized spacial score (nSPS) is 11.3. The molecule has 3 heterocycles. The van der Waals surface area contributed by atoms with Gasteiger partial charge in [-0.1, -0.05) is 48.5 Å². The van der Waals surface area contributed by atoms with E-state index in [9.17, 15) is 9.59 Å². The third-order valence-corrected chi connectivity index (χ3v) is 6.69. The fraction of sp³-hybridized carbons (Fsp3) is 0.0968. The van der Waals surface area contributed by atoms with Crippen molar-refractivity contribution in [3.8, 4) is 39.7 Å². The molecule has 0 aliphatic heterocycles. The summed E-state index contributed by atoms with van der Waals surface area (Å²) >= 11 is 0. The van der Waals surface area contributed by atoms with Crippen LogP contribution in [0.4, 0.5) is 4.39 Å². The summed E-state index contributed by atoms with van der Waals surface area (Å²) in [6.45, 7) is 3.71. The van der Waals surface area contributed by atoms with E-state index >= 15 is 4.39 Å². The number of para-hydroxylation sites is 1. The van der Waals surface area contributed by atoms with Gasteiger partial charge in [-0.25, -0.2) is 18.9 Å². The number of primary amides is 1. The molecule has 0 saturated carbocycles. The Bertz CT molecular complexity index is 1960. The molecule has 0 aliphatic rings. The summed E-state index contributed by atoms with van der Waals surface area (Å²) in [6.07, 6.45) is 1.48. The van der Waals surface area contributed by atoms with Crippen LogP contribution in [0.25, 0.3) is 39.4 Å². The highest BCUT2D eigenvalue weighted by Gasteiger charge is 2.26. The number of pyridine rings is 1. The quantitative estimate of drug-likeness (QED) is 0.259. The first-order valence-electron chi connectivity index (χ1n) is 12.9. The van der Waals surface area contributed by atoms with Crippen molar-refractivity contribution in [1.82, 2.24) is 24.3 Å². The molecule has 0 spiro atoms. The second kappa shape index (κ2) is 10.2. The molecule has 204 valence electrons. The van der Waals surface area contributed by atoms with Crippen molar-refractivity contribution in [2.75, 3.05) is 0 Å². The monoisotopic (exact) mass is 548 g/mol. The summed E-state index contributed by atoms with van der Waals surface area (Å²) in [6, 6.07) is 24.3. The molecule has 0 aliphatic carbocycles. The number of nitrogens with one attached hydrogen (secondary N) is 1. The zero-order chi connectivity index (χ0) is 28.7. The topological polar surface area (TPSA) is 121 Å². The number of carbonyl (C=O) groups excluding carboxylic acids is 1. The van der Waals surface area contributed by atoms with E-state index in [2.05, 4.69) is 9.97 Å². The van der Waals surface area contributed by atoms with Gasteiger partial charge in [-0.3, -0.25) is 14.3 Å². The van der Waals surface area contributed by atoms with Crippen molar-refractivity contribution in [3.05, 3.63) is 113 Å². The lowest BCUT2D eigenvalue weighted by Gasteiger charge is -2.12. The molecule has 41 heavy (non-hydrogen) atoms. The number of nitrogens with two attached hydrogens (primary N) is 1. The minimum atomic E-state index is -0.694. The highest BCUT2D eigenvalue weighted by Crippen LogP contribution is 2.37. The maximum atomic E-state index is 15.6. The SMILES string of the molecule is CC(C)n1c(=O)[nH]c2nccc(Oc3ccc(-c4nn(-c5ccccc5)c(-c5ccccc5)c4C(N)=O)cc3F)c21. The van der Waals surface area contributed by atoms with Crippen LogP contribution in [0.2, 0.25) is 0 Å². The summed E-state index contributed by atoms with van der Waals surface area (Å²) in [5.41, 5.74) is 9.01. The van der Waals surface area contributed by atoms with E-state index in [1.165, 1.54) is 22.9 Å². The number of imidazole rings is 1. The van der Waals surface area contributed by atoms with Gasteiger partial charge in [0.25, 0.3) is 5.91 Å². The van der Waals surface area contributed by atoms with E-state index in [1.54, 1.807) is 16.8 Å². The third-order valence-electron chi connectivity index (χ3n) is 6.69. The zero-order valence-electron chi connectivity index (χ0n) is 22.2. The number of amides is 1. The van der Waals surface area contributed by atoms with Crippen LogP contribution in [0.1, 0.15) is 30.2 Å². The number of hydrogen-bond acceptors (Lipinski definition) is 5. The van der Waals surface area contributed by atoms with Gasteiger partial charge in [0.05, 0.1) is 16.9 Å². The second-order valence-electron chi connectivity index (χ2n) is 9.70. The predicted octanol–water partition coefficient (Wildman–Crippen LogP) is 5.86. The molecule has 10 heteroatoms. The fourth-order valence-corrected chi connectivity index (χ4v) is 4.92. The number of carbonyl (C=O) groups is 1. The largest absolute Gasteiger partial charge is 0.452 e. The first-order chi connectivity index (χ1) is 19.8. The molecule has 3 N–H and O–H groups in total. The van der Waals surface area contributed by atoms with Crippen LogP contribution >= 0.6 is 0 Å². The molecule has 0 bridgehead atoms. The molecule has 0 fully saturated rings. The molecular weight excluding hydrogens is 523 g/mol. The van der Waals surface area contributed by atoms with Gasteiger partial charge in [0.15, 0.2) is 23.0 Å². The van der Waals surface area contributed by atoms with E-state index in [0.29, 0.717) is 28.1 Å². The summed E-state index contributed by atoms with van der Waals surface area (Å²) in [5.74, 6) is -1.18. The molecule has 3 aromatic carbocycles. The molecule has 0 saturated heterocycles. The van der Waals surface area contributed by atoms with Gasteiger partial charge in [0.2, 0.25) is 0 Å². The molecule has 6 aromatic rings. The molecule has 0 atom stereocenters. The summed E-state index contributed by atoms with van der Waals surface area (Å²) in [7, 11) is 0. The molecule has 6 rings (SSSR count). The van der Waals surface area contributed by atoms with Crippen molar-refractivity contribution in [3.63, 3.8) is 0 Å². The van der Waals surface area contributed by atoms with E-state index < -0.39 is 11.7 Å². The molecule has 3 aromatic heterocycles. The molecule has 1 amide bonds. The van der Waals surface area contributed by atoms with E-state index in [0.717, 1.165) is 5.56 Å².